The Morgan fingerprint density at radius 2 is 2.10 bits per heavy atom. The molecular formula is C13H19NO4S2. The maximum absolute atomic E-state index is 12.2. The van der Waals surface area contributed by atoms with Crippen molar-refractivity contribution in [2.24, 2.45) is 0 Å². The average Bonchev–Trinajstić information content (AvgIpc) is 2.92. The van der Waals surface area contributed by atoms with Crippen LogP contribution >= 0.6 is 11.8 Å². The Labute approximate surface area is 123 Å². The third-order valence-corrected chi connectivity index (χ3v) is 5.66. The zero-order valence-corrected chi connectivity index (χ0v) is 12.8. The average molecular weight is 317 g/mol. The van der Waals surface area contributed by atoms with E-state index in [2.05, 4.69) is 4.72 Å². The van der Waals surface area contributed by atoms with E-state index in [-0.39, 0.29) is 17.5 Å². The van der Waals surface area contributed by atoms with E-state index in [4.69, 9.17) is 9.84 Å². The molecule has 0 amide bonds. The van der Waals surface area contributed by atoms with Crippen LogP contribution in [-0.4, -0.2) is 44.3 Å². The van der Waals surface area contributed by atoms with Crippen molar-refractivity contribution in [1.82, 2.24) is 4.72 Å². The van der Waals surface area contributed by atoms with Crippen LogP contribution in [0.25, 0.3) is 0 Å². The fraction of sp³-hybridized carbons (Fsp3) is 0.538. The minimum atomic E-state index is -3.44. The second-order valence-electron chi connectivity index (χ2n) is 4.58. The lowest BCUT2D eigenvalue weighted by Crippen LogP contribution is -2.34. The van der Waals surface area contributed by atoms with Gasteiger partial charge in [0.2, 0.25) is 10.0 Å². The van der Waals surface area contributed by atoms with Crippen LogP contribution in [0.3, 0.4) is 0 Å². The largest absolute Gasteiger partial charge is 0.494 e. The first kappa shape index (κ1) is 15.6. The first-order valence-corrected chi connectivity index (χ1v) is 9.19. The van der Waals surface area contributed by atoms with Crippen LogP contribution in [0.2, 0.25) is 0 Å². The standard InChI is InChI=1S/C13H19NO4S2/c15-7-1-8-18-12-2-4-13(5-3-12)20(16,17)14-11-6-9-19-10-11/h2-5,11,14-15H,1,6-10H2. The van der Waals surface area contributed by atoms with Crippen molar-refractivity contribution in [3.05, 3.63) is 24.3 Å². The number of hydrogen-bond acceptors (Lipinski definition) is 5. The topological polar surface area (TPSA) is 75.6 Å². The molecular weight excluding hydrogens is 298 g/mol. The molecule has 20 heavy (non-hydrogen) atoms. The molecule has 0 aromatic heterocycles. The molecule has 0 aliphatic carbocycles. The number of thioether (sulfide) groups is 1. The summed E-state index contributed by atoms with van der Waals surface area (Å²) in [6, 6.07) is 6.38. The Morgan fingerprint density at radius 3 is 2.70 bits per heavy atom. The number of sulfonamides is 1. The summed E-state index contributed by atoms with van der Waals surface area (Å²) in [5, 5.41) is 8.66. The number of ether oxygens (including phenoxy) is 1. The Balaban J connectivity index is 1.97. The van der Waals surface area contributed by atoms with Crippen molar-refractivity contribution in [1.29, 1.82) is 0 Å². The van der Waals surface area contributed by atoms with Crippen molar-refractivity contribution in [3.63, 3.8) is 0 Å². The predicted molar refractivity (Wildman–Crippen MR) is 79.7 cm³/mol. The van der Waals surface area contributed by atoms with Gasteiger partial charge < -0.3 is 9.84 Å². The summed E-state index contributed by atoms with van der Waals surface area (Å²) in [6.07, 6.45) is 1.44. The second-order valence-corrected chi connectivity index (χ2v) is 7.44. The minimum absolute atomic E-state index is 0.0329. The van der Waals surface area contributed by atoms with Crippen LogP contribution in [0.1, 0.15) is 12.8 Å². The lowest BCUT2D eigenvalue weighted by molar-refractivity contribution is 0.233. The molecule has 1 atom stereocenters. The summed E-state index contributed by atoms with van der Waals surface area (Å²) >= 11 is 1.76. The summed E-state index contributed by atoms with van der Waals surface area (Å²) in [7, 11) is -3.44. The summed E-state index contributed by atoms with van der Waals surface area (Å²) < 4.78 is 32.4. The smallest absolute Gasteiger partial charge is 0.240 e. The maximum atomic E-state index is 12.2. The Morgan fingerprint density at radius 1 is 1.35 bits per heavy atom. The zero-order valence-electron chi connectivity index (χ0n) is 11.1. The van der Waals surface area contributed by atoms with E-state index in [1.165, 1.54) is 0 Å². The van der Waals surface area contributed by atoms with Gasteiger partial charge in [-0.25, -0.2) is 13.1 Å². The molecule has 1 saturated heterocycles. The van der Waals surface area contributed by atoms with Gasteiger partial charge in [-0.3, -0.25) is 0 Å². The summed E-state index contributed by atoms with van der Waals surface area (Å²) in [5.74, 6) is 2.45. The van der Waals surface area contributed by atoms with Crippen LogP contribution in [0.5, 0.6) is 5.75 Å². The molecule has 112 valence electrons. The van der Waals surface area contributed by atoms with Gasteiger partial charge in [-0.05, 0) is 36.4 Å². The van der Waals surface area contributed by atoms with Crippen molar-refractivity contribution < 1.29 is 18.3 Å². The number of aliphatic hydroxyl groups is 1. The molecule has 1 aromatic carbocycles. The lowest BCUT2D eigenvalue weighted by atomic mass is 10.3. The highest BCUT2D eigenvalue weighted by atomic mass is 32.2. The van der Waals surface area contributed by atoms with Crippen molar-refractivity contribution in [2.45, 2.75) is 23.8 Å². The highest BCUT2D eigenvalue weighted by Crippen LogP contribution is 2.21. The molecule has 1 heterocycles. The fourth-order valence-electron chi connectivity index (χ4n) is 1.88. The van der Waals surface area contributed by atoms with Crippen molar-refractivity contribution in [2.75, 3.05) is 24.7 Å². The monoisotopic (exact) mass is 317 g/mol. The number of aliphatic hydroxyl groups excluding tert-OH is 1. The van der Waals surface area contributed by atoms with Gasteiger partial charge in [0.05, 0.1) is 11.5 Å². The molecule has 2 N–H and O–H groups in total. The molecule has 0 spiro atoms. The molecule has 1 aromatic rings. The summed E-state index contributed by atoms with van der Waals surface area (Å²) in [4.78, 5) is 0.254. The van der Waals surface area contributed by atoms with Gasteiger partial charge in [0.1, 0.15) is 5.75 Å². The molecule has 1 fully saturated rings. The minimum Gasteiger partial charge on any atom is -0.494 e. The van der Waals surface area contributed by atoms with Crippen LogP contribution < -0.4 is 9.46 Å². The molecule has 7 heteroatoms. The van der Waals surface area contributed by atoms with Gasteiger partial charge >= 0.3 is 0 Å². The van der Waals surface area contributed by atoms with Gasteiger partial charge in [0.25, 0.3) is 0 Å². The van der Waals surface area contributed by atoms with Crippen molar-refractivity contribution in [3.8, 4) is 5.75 Å². The number of rotatable bonds is 7. The molecule has 0 bridgehead atoms. The van der Waals surface area contributed by atoms with Crippen LogP contribution in [0.4, 0.5) is 0 Å². The van der Waals surface area contributed by atoms with Gasteiger partial charge in [0, 0.05) is 24.8 Å². The summed E-state index contributed by atoms with van der Waals surface area (Å²) in [6.45, 7) is 0.496. The van der Waals surface area contributed by atoms with E-state index in [9.17, 15) is 8.42 Å². The van der Waals surface area contributed by atoms with Crippen molar-refractivity contribution >= 4 is 21.8 Å². The number of benzene rings is 1. The van der Waals surface area contributed by atoms with Gasteiger partial charge in [-0.15, -0.1) is 0 Å². The van der Waals surface area contributed by atoms with Gasteiger partial charge in [-0.2, -0.15) is 11.8 Å². The van der Waals surface area contributed by atoms with Crippen LogP contribution in [0.15, 0.2) is 29.2 Å². The first-order valence-electron chi connectivity index (χ1n) is 6.55. The molecule has 1 unspecified atom stereocenters. The second kappa shape index (κ2) is 7.31. The predicted octanol–water partition coefficient (Wildman–Crippen LogP) is 1.23. The quantitative estimate of drug-likeness (QED) is 0.740. The lowest BCUT2D eigenvalue weighted by Gasteiger charge is -2.12. The molecule has 1 aliphatic heterocycles. The molecule has 2 rings (SSSR count). The van der Waals surface area contributed by atoms with E-state index < -0.39 is 10.0 Å². The molecule has 0 saturated carbocycles. The Bertz CT molecular complexity index is 510. The van der Waals surface area contributed by atoms with E-state index in [1.54, 1.807) is 36.0 Å². The fourth-order valence-corrected chi connectivity index (χ4v) is 4.41. The van der Waals surface area contributed by atoms with Crippen LogP contribution in [0, 0.1) is 0 Å². The Kier molecular flexibility index (Phi) is 5.71. The molecule has 1 aliphatic rings. The van der Waals surface area contributed by atoms with E-state index in [0.717, 1.165) is 17.9 Å². The van der Waals surface area contributed by atoms with Crippen LogP contribution in [-0.2, 0) is 10.0 Å². The van der Waals surface area contributed by atoms with E-state index >= 15 is 0 Å². The maximum Gasteiger partial charge on any atom is 0.240 e. The zero-order chi connectivity index (χ0) is 14.4. The van der Waals surface area contributed by atoms with E-state index in [0.29, 0.717) is 18.8 Å². The van der Waals surface area contributed by atoms with E-state index in [1.807, 2.05) is 0 Å². The SMILES string of the molecule is O=S(=O)(NC1CCSC1)c1ccc(OCCCO)cc1. The highest BCUT2D eigenvalue weighted by Gasteiger charge is 2.23. The normalized spacial score (nSPS) is 19.1. The Hall–Kier alpha value is -0.760. The molecule has 5 nitrogen and oxygen atoms in total. The summed E-state index contributed by atoms with van der Waals surface area (Å²) in [5.41, 5.74) is 0. The van der Waals surface area contributed by atoms with Gasteiger partial charge in [-0.1, -0.05) is 0 Å². The third kappa shape index (κ3) is 4.37. The van der Waals surface area contributed by atoms with Gasteiger partial charge in [0.15, 0.2) is 0 Å². The first-order chi connectivity index (χ1) is 9.62. The third-order valence-electron chi connectivity index (χ3n) is 2.96. The number of hydrogen-bond donors (Lipinski definition) is 2. The number of nitrogens with one attached hydrogen (secondary N) is 1. The highest BCUT2D eigenvalue weighted by molar-refractivity contribution is 7.99. The molecule has 0 radical (unpaired) electrons.